The lowest BCUT2D eigenvalue weighted by Gasteiger charge is -2.52. The predicted octanol–water partition coefficient (Wildman–Crippen LogP) is 4.72. The molecule has 234 valence electrons. The Bertz CT molecular complexity index is 1150. The molecule has 2 fully saturated rings. The molecule has 3 N–H and O–H groups in total. The molecule has 0 amide bonds. The minimum Gasteiger partial charge on any atom is -0.462 e. The van der Waals surface area contributed by atoms with Gasteiger partial charge in [-0.25, -0.2) is 0 Å². The minimum atomic E-state index is -1.75. The standard InChI is InChI=1S/C34H50O8/c1-8-19(2)31-24(7)29(36)17-33(42-31)16-26-15-25(41-33)13-12-21(4)30(37)20(3)10-9-11-23(6)34(39)18-28(35)22(5)14-27(34)32(38)40-26/h9-12,14,19-20,24-27,29-31,36-37,39H,8,13,15-18H2,1-7H3/b10-9+,21-12+,23-11+/t19?,20-,24-,25+,26-,27-,29-,30-,31+,33-,34+/m0/s1. The molecule has 0 aromatic heterocycles. The van der Waals surface area contributed by atoms with Crippen molar-refractivity contribution in [1.82, 2.24) is 0 Å². The molecule has 2 bridgehead atoms. The monoisotopic (exact) mass is 586 g/mol. The maximum Gasteiger partial charge on any atom is 0.316 e. The molecular formula is C34H50O8. The fourth-order valence-corrected chi connectivity index (χ4v) is 6.90. The zero-order valence-corrected chi connectivity index (χ0v) is 26.2. The third-order valence-corrected chi connectivity index (χ3v) is 10.1. The molecule has 1 aliphatic carbocycles. The number of carbonyl (C=O) groups is 2. The number of hydrogen-bond donors (Lipinski definition) is 3. The van der Waals surface area contributed by atoms with Crippen molar-refractivity contribution in [1.29, 1.82) is 0 Å². The number of hydrogen-bond acceptors (Lipinski definition) is 8. The first-order chi connectivity index (χ1) is 19.7. The lowest BCUT2D eigenvalue weighted by molar-refractivity contribution is -0.354. The fraction of sp³-hybridized carbons (Fsp3) is 0.706. The van der Waals surface area contributed by atoms with E-state index in [0.29, 0.717) is 24.0 Å². The van der Waals surface area contributed by atoms with Gasteiger partial charge in [-0.15, -0.1) is 0 Å². The van der Waals surface area contributed by atoms with E-state index in [1.54, 1.807) is 26.0 Å². The molecule has 4 rings (SSSR count). The summed E-state index contributed by atoms with van der Waals surface area (Å²) >= 11 is 0. The number of aliphatic hydroxyl groups excluding tert-OH is 2. The Morgan fingerprint density at radius 1 is 1.07 bits per heavy atom. The zero-order valence-electron chi connectivity index (χ0n) is 26.2. The lowest BCUT2D eigenvalue weighted by atomic mass is 9.72. The normalized spacial score (nSPS) is 45.9. The molecule has 8 heteroatoms. The van der Waals surface area contributed by atoms with Crippen molar-refractivity contribution in [2.24, 2.45) is 23.7 Å². The third-order valence-electron chi connectivity index (χ3n) is 10.1. The van der Waals surface area contributed by atoms with Gasteiger partial charge in [-0.2, -0.15) is 0 Å². The highest BCUT2D eigenvalue weighted by atomic mass is 16.7. The number of allylic oxidation sites excluding steroid dienone is 3. The molecule has 11 atom stereocenters. The van der Waals surface area contributed by atoms with Crippen LogP contribution in [0.3, 0.4) is 0 Å². The Labute approximate surface area is 250 Å². The number of ether oxygens (including phenoxy) is 3. The van der Waals surface area contributed by atoms with Crippen molar-refractivity contribution in [2.45, 2.75) is 129 Å². The molecule has 42 heavy (non-hydrogen) atoms. The van der Waals surface area contributed by atoms with Crippen LogP contribution in [-0.4, -0.2) is 69.0 Å². The van der Waals surface area contributed by atoms with Crippen molar-refractivity contribution >= 4 is 11.8 Å². The van der Waals surface area contributed by atoms with Crippen LogP contribution >= 0.6 is 0 Å². The van der Waals surface area contributed by atoms with Gasteiger partial charge in [0.25, 0.3) is 0 Å². The van der Waals surface area contributed by atoms with Gasteiger partial charge in [0, 0.05) is 37.5 Å². The summed E-state index contributed by atoms with van der Waals surface area (Å²) in [5.41, 5.74) is -0.0695. The van der Waals surface area contributed by atoms with Gasteiger partial charge in [0.15, 0.2) is 11.6 Å². The van der Waals surface area contributed by atoms with Crippen LogP contribution < -0.4 is 0 Å². The van der Waals surface area contributed by atoms with E-state index < -0.39 is 41.6 Å². The van der Waals surface area contributed by atoms with Gasteiger partial charge in [0.1, 0.15) is 17.6 Å². The summed E-state index contributed by atoms with van der Waals surface area (Å²) in [4.78, 5) is 26.6. The average Bonchev–Trinajstić information content (AvgIpc) is 2.93. The smallest absolute Gasteiger partial charge is 0.316 e. The van der Waals surface area contributed by atoms with Crippen molar-refractivity contribution in [3.63, 3.8) is 0 Å². The van der Waals surface area contributed by atoms with Crippen LogP contribution in [0.25, 0.3) is 0 Å². The van der Waals surface area contributed by atoms with E-state index in [2.05, 4.69) is 13.8 Å². The molecule has 0 saturated carbocycles. The van der Waals surface area contributed by atoms with Crippen molar-refractivity contribution in [3.8, 4) is 0 Å². The second kappa shape index (κ2) is 12.9. The van der Waals surface area contributed by atoms with E-state index in [1.807, 2.05) is 32.9 Å². The Kier molecular flexibility index (Phi) is 10.0. The van der Waals surface area contributed by atoms with E-state index in [0.717, 1.165) is 12.0 Å². The van der Waals surface area contributed by atoms with Crippen LogP contribution in [0.1, 0.15) is 87.0 Å². The molecular weight excluding hydrogens is 536 g/mol. The van der Waals surface area contributed by atoms with Gasteiger partial charge in [-0.3, -0.25) is 9.59 Å². The number of rotatable bonds is 2. The Balaban J connectivity index is 1.75. The van der Waals surface area contributed by atoms with E-state index >= 15 is 0 Å². The molecule has 3 aliphatic heterocycles. The summed E-state index contributed by atoms with van der Waals surface area (Å²) in [5.74, 6) is -3.15. The van der Waals surface area contributed by atoms with Gasteiger partial charge in [-0.05, 0) is 49.8 Å². The molecule has 0 radical (unpaired) electrons. The first-order valence-electron chi connectivity index (χ1n) is 15.6. The molecule has 0 aromatic rings. The maximum absolute atomic E-state index is 13.8. The van der Waals surface area contributed by atoms with Crippen LogP contribution in [0.2, 0.25) is 0 Å². The molecule has 8 nitrogen and oxygen atoms in total. The van der Waals surface area contributed by atoms with Crippen molar-refractivity contribution < 1.29 is 39.1 Å². The van der Waals surface area contributed by atoms with Crippen LogP contribution in [0, 0.1) is 23.7 Å². The SMILES string of the molecule is CCC(C)[C@H]1O[C@@]2(C[C@@H]3C[C@@H](C/C=C(\C)[C@@H](O)[C@@H](C)/C=C/C=C(\C)[C@]4(O)CC(=O)C(C)=C[C@H]4C(=O)O3)O2)C[C@H](O)[C@@H]1C. The van der Waals surface area contributed by atoms with Gasteiger partial charge in [0.05, 0.1) is 24.4 Å². The summed E-state index contributed by atoms with van der Waals surface area (Å²) in [7, 11) is 0. The lowest BCUT2D eigenvalue weighted by Crippen LogP contribution is -2.59. The summed E-state index contributed by atoms with van der Waals surface area (Å²) < 4.78 is 19.5. The Morgan fingerprint density at radius 2 is 1.79 bits per heavy atom. The number of Topliss-reactive ketones (excluding diaryl/α,β-unsaturated/α-hetero) is 1. The van der Waals surface area contributed by atoms with Crippen LogP contribution in [0.5, 0.6) is 0 Å². The third kappa shape index (κ3) is 6.68. The van der Waals surface area contributed by atoms with Crippen molar-refractivity contribution in [2.75, 3.05) is 0 Å². The number of fused-ring (bicyclic) bond motifs is 3. The first-order valence-corrected chi connectivity index (χ1v) is 15.6. The first kappa shape index (κ1) is 32.8. The molecule has 4 aliphatic rings. The van der Waals surface area contributed by atoms with Gasteiger partial charge in [0.2, 0.25) is 0 Å². The molecule has 3 heterocycles. The quantitative estimate of drug-likeness (QED) is 0.314. The number of aliphatic hydroxyl groups is 3. The van der Waals surface area contributed by atoms with Crippen molar-refractivity contribution in [3.05, 3.63) is 47.1 Å². The summed E-state index contributed by atoms with van der Waals surface area (Å²) in [6.07, 6.45) is 8.21. The van der Waals surface area contributed by atoms with Gasteiger partial charge >= 0.3 is 5.97 Å². The number of carbonyl (C=O) groups excluding carboxylic acids is 2. The molecule has 1 spiro atoms. The second-order valence-corrected chi connectivity index (χ2v) is 13.3. The highest BCUT2D eigenvalue weighted by Gasteiger charge is 2.53. The highest BCUT2D eigenvalue weighted by Crippen LogP contribution is 2.46. The molecule has 0 aromatic carbocycles. The van der Waals surface area contributed by atoms with E-state index in [9.17, 15) is 24.9 Å². The van der Waals surface area contributed by atoms with Gasteiger partial charge < -0.3 is 29.5 Å². The van der Waals surface area contributed by atoms with Crippen LogP contribution in [-0.2, 0) is 23.8 Å². The minimum absolute atomic E-state index is 0.0782. The number of esters is 1. The highest BCUT2D eigenvalue weighted by molar-refractivity contribution is 5.99. The second-order valence-electron chi connectivity index (χ2n) is 13.3. The van der Waals surface area contributed by atoms with Crippen LogP contribution in [0.15, 0.2) is 47.1 Å². The Hall–Kier alpha value is -2.10. The fourth-order valence-electron chi connectivity index (χ4n) is 6.90. The summed E-state index contributed by atoms with van der Waals surface area (Å²) in [5, 5.41) is 34.0. The predicted molar refractivity (Wildman–Crippen MR) is 159 cm³/mol. The van der Waals surface area contributed by atoms with E-state index in [-0.39, 0.29) is 55.0 Å². The largest absolute Gasteiger partial charge is 0.462 e. The molecule has 1 unspecified atom stereocenters. The molecule has 2 saturated heterocycles. The number of ketones is 1. The van der Waals surface area contributed by atoms with E-state index in [4.69, 9.17) is 14.2 Å². The topological polar surface area (TPSA) is 123 Å². The Morgan fingerprint density at radius 3 is 2.48 bits per heavy atom. The average molecular weight is 587 g/mol. The summed E-state index contributed by atoms with van der Waals surface area (Å²) in [6, 6.07) is 0. The summed E-state index contributed by atoms with van der Waals surface area (Å²) in [6.45, 7) is 13.3. The zero-order chi connectivity index (χ0) is 31.0. The van der Waals surface area contributed by atoms with E-state index in [1.165, 1.54) is 6.08 Å². The maximum atomic E-state index is 13.8. The van der Waals surface area contributed by atoms with Crippen LogP contribution in [0.4, 0.5) is 0 Å². The van der Waals surface area contributed by atoms with Gasteiger partial charge in [-0.1, -0.05) is 64.5 Å².